The maximum absolute atomic E-state index is 13.7. The van der Waals surface area contributed by atoms with Crippen molar-refractivity contribution in [3.8, 4) is 11.1 Å². The van der Waals surface area contributed by atoms with E-state index in [0.29, 0.717) is 5.69 Å². The molecule has 204 valence electrons. The Bertz CT molecular complexity index is 1430. The van der Waals surface area contributed by atoms with E-state index >= 15 is 0 Å². The van der Waals surface area contributed by atoms with Crippen LogP contribution in [-0.2, 0) is 27.3 Å². The van der Waals surface area contributed by atoms with Gasteiger partial charge in [-0.05, 0) is 27.8 Å². The first kappa shape index (κ1) is 26.7. The number of hydrogen-bond donors (Lipinski definition) is 3. The van der Waals surface area contributed by atoms with Gasteiger partial charge in [0.1, 0.15) is 12.6 Å². The van der Waals surface area contributed by atoms with Crippen LogP contribution in [0.5, 0.6) is 0 Å². The summed E-state index contributed by atoms with van der Waals surface area (Å²) in [6.45, 7) is 0.311. The summed E-state index contributed by atoms with van der Waals surface area (Å²) in [6.07, 6.45) is 2.27. The summed E-state index contributed by atoms with van der Waals surface area (Å²) < 4.78 is 5.70. The number of nitrogens with one attached hydrogen (secondary N) is 2. The van der Waals surface area contributed by atoms with E-state index in [4.69, 9.17) is 4.74 Å². The van der Waals surface area contributed by atoms with Crippen LogP contribution < -0.4 is 5.32 Å². The first-order chi connectivity index (χ1) is 19.5. The molecule has 0 saturated heterocycles. The molecule has 1 heterocycles. The first-order valence-electron chi connectivity index (χ1n) is 13.1. The predicted molar refractivity (Wildman–Crippen MR) is 148 cm³/mol. The summed E-state index contributed by atoms with van der Waals surface area (Å²) in [4.78, 5) is 46.6. The number of carbonyl (C=O) groups excluding carboxylic acids is 2. The van der Waals surface area contributed by atoms with Crippen LogP contribution in [0.15, 0.2) is 91.4 Å². The zero-order chi connectivity index (χ0) is 27.9. The van der Waals surface area contributed by atoms with E-state index in [1.54, 1.807) is 6.20 Å². The zero-order valence-electron chi connectivity index (χ0n) is 21.8. The first-order valence-corrected chi connectivity index (χ1v) is 13.1. The molecule has 3 N–H and O–H groups in total. The Kier molecular flexibility index (Phi) is 8.20. The van der Waals surface area contributed by atoms with Crippen LogP contribution in [-0.4, -0.2) is 57.1 Å². The van der Waals surface area contributed by atoms with E-state index in [1.807, 2.05) is 66.7 Å². The molecule has 0 spiro atoms. The number of rotatable bonds is 11. The molecule has 1 aromatic heterocycles. The van der Waals surface area contributed by atoms with Gasteiger partial charge in [0.2, 0.25) is 5.91 Å². The minimum absolute atomic E-state index is 0.00505. The van der Waals surface area contributed by atoms with Crippen molar-refractivity contribution in [1.82, 2.24) is 20.2 Å². The fraction of sp³-hybridized carbons (Fsp3) is 0.226. The molecule has 0 fully saturated rings. The lowest BCUT2D eigenvalue weighted by atomic mass is 9.98. The number of hydrogen-bond acceptors (Lipinski definition) is 5. The van der Waals surface area contributed by atoms with Crippen LogP contribution in [0.3, 0.4) is 0 Å². The number of alkyl carbamates (subject to hydrolysis) is 1. The summed E-state index contributed by atoms with van der Waals surface area (Å²) in [6, 6.07) is 24.4. The van der Waals surface area contributed by atoms with Crippen molar-refractivity contribution in [2.75, 3.05) is 13.2 Å². The van der Waals surface area contributed by atoms with Crippen LogP contribution >= 0.6 is 0 Å². The lowest BCUT2D eigenvalue weighted by molar-refractivity contribution is -0.139. The number of aromatic amines is 1. The van der Waals surface area contributed by atoms with Gasteiger partial charge in [-0.2, -0.15) is 0 Å². The Hall–Kier alpha value is -4.92. The highest BCUT2D eigenvalue weighted by molar-refractivity contribution is 5.86. The predicted octanol–water partition coefficient (Wildman–Crippen LogP) is 4.36. The highest BCUT2D eigenvalue weighted by Crippen LogP contribution is 2.44. The number of carbonyl (C=O) groups is 3. The van der Waals surface area contributed by atoms with Gasteiger partial charge in [-0.3, -0.25) is 9.59 Å². The number of benzene rings is 3. The number of carboxylic acid groups (broad SMARTS) is 1. The van der Waals surface area contributed by atoms with Crippen molar-refractivity contribution in [3.05, 3.63) is 114 Å². The standard InChI is InChI=1S/C31H30N4O5/c36-29(37)14-15-35(18-21-8-2-1-3-9-21)30(38)28(16-22-17-32-20-33-22)34-31(39)40-19-27-25-12-6-4-10-23(25)24-11-5-7-13-26(24)27/h1-13,17,20,27-28H,14-16,18-19H2,(H,32,33)(H,34,39)(H,36,37). The number of carboxylic acids is 1. The Labute approximate surface area is 231 Å². The third-order valence-corrected chi connectivity index (χ3v) is 7.04. The number of fused-ring (bicyclic) bond motifs is 3. The Morgan fingerprint density at radius 2 is 1.60 bits per heavy atom. The molecule has 4 aromatic rings. The number of aromatic nitrogens is 2. The van der Waals surface area contributed by atoms with E-state index in [2.05, 4.69) is 27.4 Å². The normalized spacial score (nSPS) is 12.7. The Morgan fingerprint density at radius 1 is 0.950 bits per heavy atom. The molecule has 1 aliphatic carbocycles. The smallest absolute Gasteiger partial charge is 0.407 e. The molecule has 1 aliphatic rings. The van der Waals surface area contributed by atoms with Gasteiger partial charge in [-0.25, -0.2) is 9.78 Å². The third kappa shape index (κ3) is 6.20. The van der Waals surface area contributed by atoms with Crippen molar-refractivity contribution < 1.29 is 24.2 Å². The summed E-state index contributed by atoms with van der Waals surface area (Å²) in [5.41, 5.74) is 5.91. The third-order valence-electron chi connectivity index (χ3n) is 7.04. The summed E-state index contributed by atoms with van der Waals surface area (Å²) in [5.74, 6) is -1.54. The highest BCUT2D eigenvalue weighted by atomic mass is 16.5. The minimum atomic E-state index is -1.01. The highest BCUT2D eigenvalue weighted by Gasteiger charge is 2.31. The molecule has 5 rings (SSSR count). The van der Waals surface area contributed by atoms with E-state index in [9.17, 15) is 19.5 Å². The SMILES string of the molecule is O=C(O)CCN(Cc1ccccc1)C(=O)C(Cc1cnc[nH]1)NC(=O)OCC1c2ccccc2-c2ccccc21. The number of nitrogens with zero attached hydrogens (tertiary/aromatic N) is 2. The van der Waals surface area contributed by atoms with E-state index < -0.39 is 24.0 Å². The number of H-pyrrole nitrogens is 1. The van der Waals surface area contributed by atoms with Crippen LogP contribution in [0.1, 0.15) is 34.7 Å². The number of aliphatic carboxylic acids is 1. The number of imidazole rings is 1. The quantitative estimate of drug-likeness (QED) is 0.261. The molecule has 0 radical (unpaired) electrons. The van der Waals surface area contributed by atoms with E-state index in [-0.39, 0.29) is 38.5 Å². The molecular formula is C31H30N4O5. The van der Waals surface area contributed by atoms with Gasteiger partial charge >= 0.3 is 12.1 Å². The van der Waals surface area contributed by atoms with Gasteiger partial charge in [0.25, 0.3) is 0 Å². The van der Waals surface area contributed by atoms with Crippen LogP contribution in [0, 0.1) is 0 Å². The summed E-state index contributed by atoms with van der Waals surface area (Å²) >= 11 is 0. The van der Waals surface area contributed by atoms with Crippen molar-refractivity contribution in [3.63, 3.8) is 0 Å². The molecule has 0 aliphatic heterocycles. The fourth-order valence-electron chi connectivity index (χ4n) is 5.12. The lowest BCUT2D eigenvalue weighted by Crippen LogP contribution is -2.50. The summed E-state index contributed by atoms with van der Waals surface area (Å²) in [5, 5.41) is 12.0. The second-order valence-electron chi connectivity index (χ2n) is 9.69. The Morgan fingerprint density at radius 3 is 2.23 bits per heavy atom. The molecule has 40 heavy (non-hydrogen) atoms. The second-order valence-corrected chi connectivity index (χ2v) is 9.69. The van der Waals surface area contributed by atoms with Gasteiger partial charge in [0.15, 0.2) is 0 Å². The van der Waals surface area contributed by atoms with Gasteiger partial charge < -0.3 is 25.0 Å². The van der Waals surface area contributed by atoms with Crippen molar-refractivity contribution >= 4 is 18.0 Å². The molecule has 1 unspecified atom stereocenters. The molecule has 9 nitrogen and oxygen atoms in total. The number of ether oxygens (including phenoxy) is 1. The Balaban J connectivity index is 1.31. The van der Waals surface area contributed by atoms with Crippen molar-refractivity contribution in [2.45, 2.75) is 31.3 Å². The average Bonchev–Trinajstić information content (AvgIpc) is 3.60. The van der Waals surface area contributed by atoms with Gasteiger partial charge in [-0.1, -0.05) is 78.9 Å². The van der Waals surface area contributed by atoms with Crippen molar-refractivity contribution in [1.29, 1.82) is 0 Å². The van der Waals surface area contributed by atoms with Crippen molar-refractivity contribution in [2.24, 2.45) is 0 Å². The average molecular weight is 539 g/mol. The molecule has 0 bridgehead atoms. The van der Waals surface area contributed by atoms with Crippen LogP contribution in [0.4, 0.5) is 4.79 Å². The minimum Gasteiger partial charge on any atom is -0.481 e. The van der Waals surface area contributed by atoms with Crippen LogP contribution in [0.2, 0.25) is 0 Å². The molecule has 3 aromatic carbocycles. The topological polar surface area (TPSA) is 125 Å². The van der Waals surface area contributed by atoms with E-state index in [0.717, 1.165) is 27.8 Å². The lowest BCUT2D eigenvalue weighted by Gasteiger charge is -2.27. The van der Waals surface area contributed by atoms with Gasteiger partial charge in [-0.15, -0.1) is 0 Å². The largest absolute Gasteiger partial charge is 0.481 e. The fourth-order valence-corrected chi connectivity index (χ4v) is 5.12. The maximum atomic E-state index is 13.7. The van der Waals surface area contributed by atoms with Crippen LogP contribution in [0.25, 0.3) is 11.1 Å². The maximum Gasteiger partial charge on any atom is 0.407 e. The molecule has 0 saturated carbocycles. The molecule has 2 amide bonds. The van der Waals surface area contributed by atoms with Gasteiger partial charge in [0.05, 0.1) is 12.7 Å². The molecule has 9 heteroatoms. The summed E-state index contributed by atoms with van der Waals surface area (Å²) in [7, 11) is 0. The molecule has 1 atom stereocenters. The molecular weight excluding hydrogens is 508 g/mol. The second kappa shape index (κ2) is 12.3. The zero-order valence-corrected chi connectivity index (χ0v) is 21.8. The van der Waals surface area contributed by atoms with E-state index in [1.165, 1.54) is 11.2 Å². The number of amides is 2. The monoisotopic (exact) mass is 538 g/mol. The van der Waals surface area contributed by atoms with Gasteiger partial charge in [0, 0.05) is 37.3 Å².